The number of hydrogen-bond acceptors (Lipinski definition) is 1. The first-order valence-electron chi connectivity index (χ1n) is 4.52. The van der Waals surface area contributed by atoms with E-state index in [1.807, 2.05) is 18.2 Å². The zero-order valence-electron chi connectivity index (χ0n) is 8.00. The van der Waals surface area contributed by atoms with Crippen LogP contribution < -0.4 is 0 Å². The van der Waals surface area contributed by atoms with Gasteiger partial charge >= 0.3 is 0 Å². The molecule has 0 aromatic heterocycles. The summed E-state index contributed by atoms with van der Waals surface area (Å²) in [6, 6.07) is 8.07. The molecule has 0 saturated carbocycles. The number of hydrogen-bond donors (Lipinski definition) is 1. The number of halogens is 1. The van der Waals surface area contributed by atoms with E-state index in [9.17, 15) is 5.11 Å². The molecule has 0 aliphatic heterocycles. The Morgan fingerprint density at radius 1 is 1.31 bits per heavy atom. The molecule has 0 aliphatic rings. The Hall–Kier alpha value is -0.340. The summed E-state index contributed by atoms with van der Waals surface area (Å²) in [6.07, 6.45) is 0. The van der Waals surface area contributed by atoms with Crippen molar-refractivity contribution in [1.82, 2.24) is 0 Å². The summed E-state index contributed by atoms with van der Waals surface area (Å²) < 4.78 is 1.09. The van der Waals surface area contributed by atoms with Gasteiger partial charge < -0.3 is 5.11 Å². The van der Waals surface area contributed by atoms with E-state index in [-0.39, 0.29) is 12.5 Å². The van der Waals surface area contributed by atoms with Crippen molar-refractivity contribution in [3.05, 3.63) is 34.3 Å². The van der Waals surface area contributed by atoms with Gasteiger partial charge in [-0.3, -0.25) is 0 Å². The Balaban J connectivity index is 2.97. The summed E-state index contributed by atoms with van der Waals surface area (Å²) in [5, 5.41) is 9.25. The monoisotopic (exact) mass is 242 g/mol. The minimum absolute atomic E-state index is 0.209. The molecule has 72 valence electrons. The number of aliphatic hydroxyl groups is 1. The summed E-state index contributed by atoms with van der Waals surface area (Å²) >= 11 is 3.49. The lowest BCUT2D eigenvalue weighted by atomic mass is 9.89. The van der Waals surface area contributed by atoms with E-state index in [4.69, 9.17) is 0 Å². The molecule has 0 fully saturated rings. The lowest BCUT2D eigenvalue weighted by Crippen LogP contribution is -2.11. The molecular weight excluding hydrogens is 228 g/mol. The van der Waals surface area contributed by atoms with Gasteiger partial charge in [-0.25, -0.2) is 0 Å². The molecule has 1 unspecified atom stereocenters. The second kappa shape index (κ2) is 4.77. The predicted octanol–water partition coefficient (Wildman–Crippen LogP) is 3.18. The molecule has 0 aliphatic carbocycles. The molecule has 2 heteroatoms. The van der Waals surface area contributed by atoms with Crippen molar-refractivity contribution in [3.63, 3.8) is 0 Å². The Labute approximate surface area is 87.9 Å². The zero-order chi connectivity index (χ0) is 9.84. The Morgan fingerprint density at radius 2 is 1.92 bits per heavy atom. The van der Waals surface area contributed by atoms with Crippen molar-refractivity contribution in [2.75, 3.05) is 6.61 Å². The van der Waals surface area contributed by atoms with Gasteiger partial charge in [-0.05, 0) is 17.5 Å². The smallest absolute Gasteiger partial charge is 0.0502 e. The molecule has 0 bridgehead atoms. The van der Waals surface area contributed by atoms with Gasteiger partial charge in [0.2, 0.25) is 0 Å². The van der Waals surface area contributed by atoms with Crippen LogP contribution in [0, 0.1) is 5.92 Å². The number of rotatable bonds is 3. The normalized spacial score (nSPS) is 13.3. The second-order valence-corrected chi connectivity index (χ2v) is 4.41. The first-order chi connectivity index (χ1) is 6.16. The van der Waals surface area contributed by atoms with Crippen molar-refractivity contribution in [2.45, 2.75) is 19.8 Å². The average molecular weight is 243 g/mol. The van der Waals surface area contributed by atoms with Gasteiger partial charge in [-0.15, -0.1) is 0 Å². The van der Waals surface area contributed by atoms with Gasteiger partial charge in [0.15, 0.2) is 0 Å². The van der Waals surface area contributed by atoms with Crippen LogP contribution in [-0.4, -0.2) is 11.7 Å². The van der Waals surface area contributed by atoms with Crippen LogP contribution in [0.1, 0.15) is 25.3 Å². The van der Waals surface area contributed by atoms with E-state index < -0.39 is 0 Å². The first kappa shape index (κ1) is 10.7. The average Bonchev–Trinajstić information content (AvgIpc) is 2.09. The molecule has 0 saturated heterocycles. The zero-order valence-corrected chi connectivity index (χ0v) is 9.58. The van der Waals surface area contributed by atoms with Crippen LogP contribution in [0.25, 0.3) is 0 Å². The molecule has 1 atom stereocenters. The van der Waals surface area contributed by atoms with Crippen LogP contribution in [0.2, 0.25) is 0 Å². The highest BCUT2D eigenvalue weighted by Gasteiger charge is 2.16. The molecule has 1 aromatic rings. The van der Waals surface area contributed by atoms with E-state index in [1.54, 1.807) is 0 Å². The maximum absolute atomic E-state index is 9.25. The topological polar surface area (TPSA) is 20.2 Å². The minimum atomic E-state index is 0.209. The van der Waals surface area contributed by atoms with Crippen LogP contribution in [0.3, 0.4) is 0 Å². The Bertz CT molecular complexity index is 271. The highest BCUT2D eigenvalue weighted by molar-refractivity contribution is 9.10. The van der Waals surface area contributed by atoms with Crippen molar-refractivity contribution < 1.29 is 5.11 Å². The van der Waals surface area contributed by atoms with Gasteiger partial charge in [0, 0.05) is 10.4 Å². The van der Waals surface area contributed by atoms with E-state index in [0.717, 1.165) is 4.47 Å². The van der Waals surface area contributed by atoms with Gasteiger partial charge in [-0.1, -0.05) is 48.0 Å². The van der Waals surface area contributed by atoms with Gasteiger partial charge in [0.05, 0.1) is 6.61 Å². The maximum atomic E-state index is 9.25. The van der Waals surface area contributed by atoms with Crippen LogP contribution in [0.4, 0.5) is 0 Å². The summed E-state index contributed by atoms with van der Waals surface area (Å²) in [6.45, 7) is 4.46. The van der Waals surface area contributed by atoms with Crippen LogP contribution in [-0.2, 0) is 0 Å². The van der Waals surface area contributed by atoms with Gasteiger partial charge in [0.1, 0.15) is 0 Å². The summed E-state index contributed by atoms with van der Waals surface area (Å²) in [7, 11) is 0. The largest absolute Gasteiger partial charge is 0.396 e. The highest BCUT2D eigenvalue weighted by Crippen LogP contribution is 2.29. The molecule has 0 spiro atoms. The molecule has 1 nitrogen and oxygen atoms in total. The number of aliphatic hydroxyl groups excluding tert-OH is 1. The Kier molecular flexibility index (Phi) is 3.94. The fourth-order valence-electron chi connectivity index (χ4n) is 1.44. The third kappa shape index (κ3) is 2.55. The lowest BCUT2D eigenvalue weighted by Gasteiger charge is -2.19. The highest BCUT2D eigenvalue weighted by atomic mass is 79.9. The molecule has 0 heterocycles. The van der Waals surface area contributed by atoms with Gasteiger partial charge in [0.25, 0.3) is 0 Å². The van der Waals surface area contributed by atoms with Crippen molar-refractivity contribution >= 4 is 15.9 Å². The van der Waals surface area contributed by atoms with E-state index in [0.29, 0.717) is 5.92 Å². The Morgan fingerprint density at radius 3 is 2.38 bits per heavy atom. The van der Waals surface area contributed by atoms with Crippen LogP contribution >= 0.6 is 15.9 Å². The fourth-order valence-corrected chi connectivity index (χ4v) is 2.02. The lowest BCUT2D eigenvalue weighted by molar-refractivity contribution is 0.237. The van der Waals surface area contributed by atoms with E-state index in [1.165, 1.54) is 5.56 Å². The van der Waals surface area contributed by atoms with Crippen molar-refractivity contribution in [1.29, 1.82) is 0 Å². The molecule has 13 heavy (non-hydrogen) atoms. The summed E-state index contributed by atoms with van der Waals surface area (Å²) in [5.74, 6) is 0.694. The predicted molar refractivity (Wildman–Crippen MR) is 58.8 cm³/mol. The second-order valence-electron chi connectivity index (χ2n) is 3.55. The SMILES string of the molecule is CC(C)C(CO)c1ccccc1Br. The fraction of sp³-hybridized carbons (Fsp3) is 0.455. The number of benzene rings is 1. The molecule has 1 rings (SSSR count). The molecule has 1 N–H and O–H groups in total. The quantitative estimate of drug-likeness (QED) is 0.864. The van der Waals surface area contributed by atoms with E-state index >= 15 is 0 Å². The molecule has 0 amide bonds. The summed E-state index contributed by atoms with van der Waals surface area (Å²) in [5.41, 5.74) is 1.19. The molecule has 1 aromatic carbocycles. The molecule has 0 radical (unpaired) electrons. The van der Waals surface area contributed by atoms with Crippen molar-refractivity contribution in [2.24, 2.45) is 5.92 Å². The van der Waals surface area contributed by atoms with Crippen LogP contribution in [0.15, 0.2) is 28.7 Å². The summed E-state index contributed by atoms with van der Waals surface area (Å²) in [4.78, 5) is 0. The van der Waals surface area contributed by atoms with E-state index in [2.05, 4.69) is 35.8 Å². The molecular formula is C11H15BrO. The third-order valence-corrected chi connectivity index (χ3v) is 3.03. The maximum Gasteiger partial charge on any atom is 0.0502 e. The van der Waals surface area contributed by atoms with Crippen molar-refractivity contribution in [3.8, 4) is 0 Å². The standard InChI is InChI=1S/C11H15BrO/c1-8(2)10(7-13)9-5-3-4-6-11(9)12/h3-6,8,10,13H,7H2,1-2H3. The van der Waals surface area contributed by atoms with Crippen LogP contribution in [0.5, 0.6) is 0 Å². The first-order valence-corrected chi connectivity index (χ1v) is 5.31. The van der Waals surface area contributed by atoms with Gasteiger partial charge in [-0.2, -0.15) is 0 Å². The third-order valence-electron chi connectivity index (χ3n) is 2.31. The minimum Gasteiger partial charge on any atom is -0.396 e.